The molecule has 6 nitrogen and oxygen atoms in total. The molecule has 0 radical (unpaired) electrons. The number of rotatable bonds is 7. The lowest BCUT2D eigenvalue weighted by Crippen LogP contribution is -2.05. The molecule has 0 saturated carbocycles. The number of nitrogens with zero attached hydrogens (tertiary/aromatic N) is 2. The van der Waals surface area contributed by atoms with Gasteiger partial charge in [0.25, 0.3) is 0 Å². The summed E-state index contributed by atoms with van der Waals surface area (Å²) in [4.78, 5) is 8.79. The minimum Gasteiger partial charge on any atom is -0.497 e. The van der Waals surface area contributed by atoms with Crippen LogP contribution in [0.2, 0.25) is 0 Å². The molecule has 2 N–H and O–H groups in total. The van der Waals surface area contributed by atoms with Crippen molar-refractivity contribution < 1.29 is 9.47 Å². The first-order valence-electron chi connectivity index (χ1n) is 6.79. The summed E-state index contributed by atoms with van der Waals surface area (Å²) in [6, 6.07) is 9.51. The summed E-state index contributed by atoms with van der Waals surface area (Å²) in [6.45, 7) is 2.96. The van der Waals surface area contributed by atoms with E-state index in [2.05, 4.69) is 20.6 Å². The fourth-order valence-corrected chi connectivity index (χ4v) is 1.80. The fourth-order valence-electron chi connectivity index (χ4n) is 1.80. The molecule has 0 bridgehead atoms. The molecule has 0 saturated heterocycles. The van der Waals surface area contributed by atoms with E-state index in [9.17, 15) is 0 Å². The van der Waals surface area contributed by atoms with Crippen molar-refractivity contribution in [1.29, 1.82) is 0 Å². The zero-order valence-corrected chi connectivity index (χ0v) is 12.5. The minimum absolute atomic E-state index is 0.388. The van der Waals surface area contributed by atoms with Gasteiger partial charge in [0, 0.05) is 31.5 Å². The number of methoxy groups -OCH3 is 1. The molecule has 21 heavy (non-hydrogen) atoms. The summed E-state index contributed by atoms with van der Waals surface area (Å²) in [5, 5.41) is 6.26. The van der Waals surface area contributed by atoms with E-state index in [4.69, 9.17) is 9.47 Å². The maximum Gasteiger partial charge on any atom is 0.158 e. The zero-order chi connectivity index (χ0) is 15.1. The summed E-state index contributed by atoms with van der Waals surface area (Å²) in [7, 11) is 3.46. The minimum atomic E-state index is 0.388. The van der Waals surface area contributed by atoms with Crippen LogP contribution in [0.4, 0.5) is 17.3 Å². The summed E-state index contributed by atoms with van der Waals surface area (Å²) in [5.41, 5.74) is 0.900. The topological polar surface area (TPSA) is 68.3 Å². The number of hydrogen-bond acceptors (Lipinski definition) is 6. The van der Waals surface area contributed by atoms with Gasteiger partial charge in [0.05, 0.1) is 7.11 Å². The Morgan fingerprint density at radius 3 is 2.67 bits per heavy atom. The number of benzene rings is 1. The smallest absolute Gasteiger partial charge is 0.158 e. The fraction of sp³-hybridized carbons (Fsp3) is 0.333. The van der Waals surface area contributed by atoms with Crippen LogP contribution >= 0.6 is 0 Å². The van der Waals surface area contributed by atoms with E-state index in [1.54, 1.807) is 7.11 Å². The second-order valence-corrected chi connectivity index (χ2v) is 4.30. The molecule has 2 aromatic rings. The Bertz CT molecular complexity index is 590. The van der Waals surface area contributed by atoms with E-state index in [0.29, 0.717) is 24.9 Å². The lowest BCUT2D eigenvalue weighted by atomic mass is 10.3. The molecule has 1 aromatic carbocycles. The number of ether oxygens (including phenoxy) is 2. The molecule has 0 aliphatic heterocycles. The molecule has 0 atom stereocenters. The second kappa shape index (κ2) is 7.44. The Balaban J connectivity index is 2.21. The Kier molecular flexibility index (Phi) is 5.34. The van der Waals surface area contributed by atoms with Gasteiger partial charge in [-0.3, -0.25) is 0 Å². The summed E-state index contributed by atoms with van der Waals surface area (Å²) in [5.74, 6) is 2.87. The van der Waals surface area contributed by atoms with E-state index in [-0.39, 0.29) is 0 Å². The van der Waals surface area contributed by atoms with Crippen LogP contribution in [0, 0.1) is 0 Å². The molecule has 0 fully saturated rings. The number of aromatic nitrogens is 2. The molecule has 0 spiro atoms. The van der Waals surface area contributed by atoms with Crippen LogP contribution in [-0.2, 0) is 11.3 Å². The van der Waals surface area contributed by atoms with Crippen LogP contribution in [0.3, 0.4) is 0 Å². The lowest BCUT2D eigenvalue weighted by Gasteiger charge is -2.10. The third-order valence-corrected chi connectivity index (χ3v) is 2.81. The first kappa shape index (κ1) is 15.1. The molecule has 1 heterocycles. The van der Waals surface area contributed by atoms with Crippen molar-refractivity contribution in [3.8, 4) is 5.75 Å². The SMILES string of the molecule is CCOCc1nc(NC)cc(Nc2cccc(OC)c2)n1. The molecule has 0 unspecified atom stereocenters. The third-order valence-electron chi connectivity index (χ3n) is 2.81. The van der Waals surface area contributed by atoms with E-state index in [1.165, 1.54) is 0 Å². The maximum atomic E-state index is 5.36. The first-order valence-corrected chi connectivity index (χ1v) is 6.79. The highest BCUT2D eigenvalue weighted by Gasteiger charge is 2.05. The quantitative estimate of drug-likeness (QED) is 0.816. The molecule has 1 aromatic heterocycles. The van der Waals surface area contributed by atoms with Crippen LogP contribution in [0.25, 0.3) is 0 Å². The molecule has 6 heteroatoms. The van der Waals surface area contributed by atoms with Crippen molar-refractivity contribution in [2.24, 2.45) is 0 Å². The lowest BCUT2D eigenvalue weighted by molar-refractivity contribution is 0.128. The van der Waals surface area contributed by atoms with Crippen molar-refractivity contribution in [3.63, 3.8) is 0 Å². The molecular formula is C15H20N4O2. The molecule has 2 rings (SSSR count). The van der Waals surface area contributed by atoms with Gasteiger partial charge >= 0.3 is 0 Å². The first-order chi connectivity index (χ1) is 10.2. The van der Waals surface area contributed by atoms with Gasteiger partial charge in [0.15, 0.2) is 5.82 Å². The zero-order valence-electron chi connectivity index (χ0n) is 12.5. The van der Waals surface area contributed by atoms with Crippen LogP contribution in [-0.4, -0.2) is 30.7 Å². The predicted octanol–water partition coefficient (Wildman–Crippen LogP) is 2.81. The van der Waals surface area contributed by atoms with Gasteiger partial charge < -0.3 is 20.1 Å². The Hall–Kier alpha value is -2.34. The summed E-state index contributed by atoms with van der Waals surface area (Å²) < 4.78 is 10.6. The Morgan fingerprint density at radius 2 is 1.95 bits per heavy atom. The van der Waals surface area contributed by atoms with Gasteiger partial charge in [-0.15, -0.1) is 0 Å². The average Bonchev–Trinajstić information content (AvgIpc) is 2.52. The van der Waals surface area contributed by atoms with E-state index < -0.39 is 0 Å². The average molecular weight is 288 g/mol. The highest BCUT2D eigenvalue weighted by molar-refractivity contribution is 5.60. The standard InChI is InChI=1S/C15H20N4O2/c1-4-21-10-15-18-13(16-2)9-14(19-15)17-11-6-5-7-12(8-11)20-3/h5-9H,4,10H2,1-3H3,(H2,16,17,18,19). The Morgan fingerprint density at radius 1 is 1.14 bits per heavy atom. The molecule has 0 aliphatic rings. The number of nitrogens with one attached hydrogen (secondary N) is 2. The third kappa shape index (κ3) is 4.32. The van der Waals surface area contributed by atoms with Crippen molar-refractivity contribution in [2.45, 2.75) is 13.5 Å². The highest BCUT2D eigenvalue weighted by atomic mass is 16.5. The van der Waals surface area contributed by atoms with Crippen LogP contribution in [0.5, 0.6) is 5.75 Å². The molecule has 0 amide bonds. The normalized spacial score (nSPS) is 10.2. The van der Waals surface area contributed by atoms with Gasteiger partial charge in [-0.1, -0.05) is 6.07 Å². The van der Waals surface area contributed by atoms with Gasteiger partial charge in [-0.05, 0) is 19.1 Å². The van der Waals surface area contributed by atoms with Gasteiger partial charge in [-0.2, -0.15) is 0 Å². The van der Waals surface area contributed by atoms with E-state index in [0.717, 1.165) is 17.3 Å². The maximum absolute atomic E-state index is 5.36. The summed E-state index contributed by atoms with van der Waals surface area (Å²) >= 11 is 0. The highest BCUT2D eigenvalue weighted by Crippen LogP contribution is 2.21. The largest absolute Gasteiger partial charge is 0.497 e. The second-order valence-electron chi connectivity index (χ2n) is 4.30. The predicted molar refractivity (Wildman–Crippen MR) is 83.2 cm³/mol. The summed E-state index contributed by atoms with van der Waals surface area (Å²) in [6.07, 6.45) is 0. The van der Waals surface area contributed by atoms with Crippen molar-refractivity contribution in [3.05, 3.63) is 36.2 Å². The monoisotopic (exact) mass is 288 g/mol. The van der Waals surface area contributed by atoms with Crippen LogP contribution < -0.4 is 15.4 Å². The molecular weight excluding hydrogens is 268 g/mol. The van der Waals surface area contributed by atoms with Gasteiger partial charge in [0.1, 0.15) is 24.0 Å². The number of hydrogen-bond donors (Lipinski definition) is 2. The van der Waals surface area contributed by atoms with Gasteiger partial charge in [-0.25, -0.2) is 9.97 Å². The van der Waals surface area contributed by atoms with Crippen molar-refractivity contribution in [1.82, 2.24) is 9.97 Å². The Labute approximate surface area is 124 Å². The van der Waals surface area contributed by atoms with Crippen molar-refractivity contribution in [2.75, 3.05) is 31.4 Å². The van der Waals surface area contributed by atoms with Crippen LogP contribution in [0.1, 0.15) is 12.7 Å². The van der Waals surface area contributed by atoms with Gasteiger partial charge in [0.2, 0.25) is 0 Å². The van der Waals surface area contributed by atoms with Crippen LogP contribution in [0.15, 0.2) is 30.3 Å². The number of anilines is 3. The van der Waals surface area contributed by atoms with Crippen molar-refractivity contribution >= 4 is 17.3 Å². The molecule has 112 valence electrons. The van der Waals surface area contributed by atoms with E-state index >= 15 is 0 Å². The molecule has 0 aliphatic carbocycles. The van der Waals surface area contributed by atoms with E-state index in [1.807, 2.05) is 44.3 Å².